The minimum Gasteiger partial charge on any atom is -0.349 e. The Kier molecular flexibility index (Phi) is 6.93. The lowest BCUT2D eigenvalue weighted by Crippen LogP contribution is -2.86. The van der Waals surface area contributed by atoms with Crippen LogP contribution >= 0.6 is 0 Å². The van der Waals surface area contributed by atoms with Gasteiger partial charge in [-0.15, -0.1) is 0 Å². The van der Waals surface area contributed by atoms with E-state index in [1.807, 2.05) is 6.92 Å². The molecule has 0 aromatic heterocycles. The molecule has 0 radical (unpaired) electrons. The molecule has 0 saturated heterocycles. The van der Waals surface area contributed by atoms with Gasteiger partial charge in [-0.3, -0.25) is 9.59 Å². The molecule has 1 aliphatic rings. The van der Waals surface area contributed by atoms with Gasteiger partial charge < -0.3 is 16.0 Å². The first-order chi connectivity index (χ1) is 13.9. The van der Waals surface area contributed by atoms with E-state index in [1.165, 1.54) is 6.07 Å². The van der Waals surface area contributed by atoms with Gasteiger partial charge in [-0.25, -0.2) is 8.78 Å². The molecule has 1 atom stereocenters. The summed E-state index contributed by atoms with van der Waals surface area (Å²) in [5.74, 6) is -2.27. The summed E-state index contributed by atoms with van der Waals surface area (Å²) in [7, 11) is 0. The molecule has 0 unspecified atom stereocenters. The van der Waals surface area contributed by atoms with Gasteiger partial charge in [0, 0.05) is 11.6 Å². The fourth-order valence-corrected chi connectivity index (χ4v) is 3.54. The Labute approximate surface area is 168 Å². The zero-order chi connectivity index (χ0) is 20.8. The van der Waals surface area contributed by atoms with Crippen LogP contribution in [0.4, 0.5) is 14.5 Å². The highest BCUT2D eigenvalue weighted by atomic mass is 19.2. The molecule has 2 aromatic rings. The van der Waals surface area contributed by atoms with E-state index in [0.717, 1.165) is 37.8 Å². The second-order valence-electron chi connectivity index (χ2n) is 7.45. The maximum atomic E-state index is 13.4. The van der Waals surface area contributed by atoms with Crippen LogP contribution in [0, 0.1) is 11.6 Å². The fraction of sp³-hybridized carbons (Fsp3) is 0.364. The van der Waals surface area contributed by atoms with Gasteiger partial charge in [0.25, 0.3) is 11.8 Å². The predicted octanol–water partition coefficient (Wildman–Crippen LogP) is 2.90. The molecule has 3 rings (SSSR count). The average Bonchev–Trinajstić information content (AvgIpc) is 3.21. The topological polar surface area (TPSA) is 74.8 Å². The molecule has 154 valence electrons. The minimum atomic E-state index is -0.908. The van der Waals surface area contributed by atoms with Crippen molar-refractivity contribution in [1.82, 2.24) is 5.32 Å². The smallest absolute Gasteiger partial charge is 0.279 e. The highest BCUT2D eigenvalue weighted by Crippen LogP contribution is 2.20. The van der Waals surface area contributed by atoms with E-state index in [-0.39, 0.29) is 30.4 Å². The number of nitrogens with two attached hydrogens (primary N) is 1. The van der Waals surface area contributed by atoms with Crippen molar-refractivity contribution in [2.75, 3.05) is 11.9 Å². The summed E-state index contributed by atoms with van der Waals surface area (Å²) < 4.78 is 26.5. The summed E-state index contributed by atoms with van der Waals surface area (Å²) in [6.45, 7) is 1.89. The Hall–Kier alpha value is -2.80. The van der Waals surface area contributed by atoms with Crippen molar-refractivity contribution in [2.24, 2.45) is 0 Å². The second-order valence-corrected chi connectivity index (χ2v) is 7.45. The Bertz CT molecular complexity index is 882. The third kappa shape index (κ3) is 5.60. The maximum Gasteiger partial charge on any atom is 0.279 e. The molecule has 1 fully saturated rings. The lowest BCUT2D eigenvalue weighted by molar-refractivity contribution is -0.682. The fourth-order valence-electron chi connectivity index (χ4n) is 3.54. The van der Waals surface area contributed by atoms with Crippen LogP contribution in [0.25, 0.3) is 0 Å². The van der Waals surface area contributed by atoms with Crippen LogP contribution in [-0.2, 0) is 4.79 Å². The monoisotopic (exact) mass is 402 g/mol. The first-order valence-electron chi connectivity index (χ1n) is 9.92. The zero-order valence-electron chi connectivity index (χ0n) is 16.4. The average molecular weight is 402 g/mol. The van der Waals surface area contributed by atoms with Gasteiger partial charge >= 0.3 is 0 Å². The summed E-state index contributed by atoms with van der Waals surface area (Å²) in [6, 6.07) is 10.6. The van der Waals surface area contributed by atoms with Crippen molar-refractivity contribution >= 4 is 17.5 Å². The number of amides is 2. The van der Waals surface area contributed by atoms with Crippen LogP contribution in [-0.4, -0.2) is 24.4 Å². The summed E-state index contributed by atoms with van der Waals surface area (Å²) >= 11 is 0. The molecule has 1 aliphatic carbocycles. The lowest BCUT2D eigenvalue weighted by Gasteiger charge is -2.15. The van der Waals surface area contributed by atoms with E-state index in [1.54, 1.807) is 29.6 Å². The van der Waals surface area contributed by atoms with E-state index in [2.05, 4.69) is 10.6 Å². The number of benzene rings is 2. The van der Waals surface area contributed by atoms with E-state index in [4.69, 9.17) is 0 Å². The maximum absolute atomic E-state index is 13.4. The predicted molar refractivity (Wildman–Crippen MR) is 106 cm³/mol. The molecule has 0 heterocycles. The molecule has 0 bridgehead atoms. The zero-order valence-corrected chi connectivity index (χ0v) is 16.4. The van der Waals surface area contributed by atoms with Crippen LogP contribution in [0.5, 0.6) is 0 Å². The Balaban J connectivity index is 1.57. The van der Waals surface area contributed by atoms with Gasteiger partial charge in [0.1, 0.15) is 6.04 Å². The third-order valence-electron chi connectivity index (χ3n) is 5.26. The third-order valence-corrected chi connectivity index (χ3v) is 5.26. The Morgan fingerprint density at radius 3 is 2.55 bits per heavy atom. The number of nitrogens with one attached hydrogen (secondary N) is 2. The van der Waals surface area contributed by atoms with Crippen molar-refractivity contribution in [3.05, 3.63) is 65.2 Å². The highest BCUT2D eigenvalue weighted by molar-refractivity contribution is 6.04. The van der Waals surface area contributed by atoms with E-state index in [9.17, 15) is 18.4 Å². The summed E-state index contributed by atoms with van der Waals surface area (Å²) in [6.07, 6.45) is 4.21. The van der Waals surface area contributed by atoms with E-state index < -0.39 is 11.6 Å². The van der Waals surface area contributed by atoms with E-state index in [0.29, 0.717) is 16.8 Å². The van der Waals surface area contributed by atoms with Crippen LogP contribution in [0.2, 0.25) is 0 Å². The number of hydrogen-bond acceptors (Lipinski definition) is 2. The molecule has 2 amide bonds. The Morgan fingerprint density at radius 2 is 1.83 bits per heavy atom. The number of para-hydroxylation sites is 1. The Morgan fingerprint density at radius 1 is 1.10 bits per heavy atom. The van der Waals surface area contributed by atoms with Crippen LogP contribution in [0.3, 0.4) is 0 Å². The standard InChI is InChI=1S/C22H25F2N3O2/c1-14(15-10-11-18(23)19(24)12-15)25-13-21(28)27-20-9-5-4-8-17(20)22(29)26-16-6-2-3-7-16/h4-5,8-12,14,16,25H,2-3,6-7,13H2,1H3,(H,26,29)(H,27,28)/p+1/t14-/m0/s1. The van der Waals surface area contributed by atoms with Crippen molar-refractivity contribution in [3.8, 4) is 0 Å². The summed E-state index contributed by atoms with van der Waals surface area (Å²) in [5, 5.41) is 7.53. The van der Waals surface area contributed by atoms with E-state index >= 15 is 0 Å². The number of halogens is 2. The normalized spacial score (nSPS) is 15.1. The lowest BCUT2D eigenvalue weighted by atomic mass is 10.1. The summed E-state index contributed by atoms with van der Waals surface area (Å²) in [4.78, 5) is 25.0. The van der Waals surface area contributed by atoms with Crippen LogP contribution < -0.4 is 16.0 Å². The molecular formula is C22H26F2N3O2+. The first-order valence-corrected chi connectivity index (χ1v) is 9.92. The molecule has 0 spiro atoms. The molecule has 4 N–H and O–H groups in total. The quantitative estimate of drug-likeness (QED) is 0.666. The summed E-state index contributed by atoms with van der Waals surface area (Å²) in [5.41, 5.74) is 1.48. The first kappa shape index (κ1) is 20.9. The molecular weight excluding hydrogens is 376 g/mol. The van der Waals surface area contributed by atoms with Gasteiger partial charge in [0.2, 0.25) is 0 Å². The molecule has 5 nitrogen and oxygen atoms in total. The molecule has 29 heavy (non-hydrogen) atoms. The molecule has 0 aliphatic heterocycles. The number of carbonyl (C=O) groups excluding carboxylic acids is 2. The number of carbonyl (C=O) groups is 2. The van der Waals surface area contributed by atoms with Gasteiger partial charge in [0.15, 0.2) is 18.2 Å². The van der Waals surface area contributed by atoms with Crippen LogP contribution in [0.15, 0.2) is 42.5 Å². The second kappa shape index (κ2) is 9.60. The van der Waals surface area contributed by atoms with Crippen molar-refractivity contribution in [2.45, 2.75) is 44.7 Å². The molecule has 2 aromatic carbocycles. The van der Waals surface area contributed by atoms with Crippen molar-refractivity contribution in [1.29, 1.82) is 0 Å². The molecule has 1 saturated carbocycles. The number of anilines is 1. The number of rotatable bonds is 7. The van der Waals surface area contributed by atoms with Crippen molar-refractivity contribution in [3.63, 3.8) is 0 Å². The van der Waals surface area contributed by atoms with Gasteiger partial charge in [-0.2, -0.15) is 0 Å². The number of quaternary nitrogens is 1. The molecule has 7 heteroatoms. The van der Waals surface area contributed by atoms with Gasteiger partial charge in [-0.1, -0.05) is 25.0 Å². The van der Waals surface area contributed by atoms with Gasteiger partial charge in [0.05, 0.1) is 11.3 Å². The SMILES string of the molecule is C[C@H]([NH2+]CC(=O)Nc1ccccc1C(=O)NC1CCCC1)c1ccc(F)c(F)c1. The van der Waals surface area contributed by atoms with Crippen molar-refractivity contribution < 1.29 is 23.7 Å². The number of hydrogen-bond donors (Lipinski definition) is 3. The minimum absolute atomic E-state index is 0.0821. The largest absolute Gasteiger partial charge is 0.349 e. The van der Waals surface area contributed by atoms with Gasteiger partial charge in [-0.05, 0) is 50.1 Å². The van der Waals surface area contributed by atoms with Crippen LogP contribution in [0.1, 0.15) is 54.6 Å². The highest BCUT2D eigenvalue weighted by Gasteiger charge is 2.20.